The van der Waals surface area contributed by atoms with Crippen molar-refractivity contribution in [3.63, 3.8) is 0 Å². The molecule has 0 saturated carbocycles. The van der Waals surface area contributed by atoms with E-state index in [0.29, 0.717) is 6.29 Å². The number of phenolic OH excluding ortho intramolecular Hbond substituents is 2. The Labute approximate surface area is 114 Å². The fourth-order valence-corrected chi connectivity index (χ4v) is 1.32. The number of carbonyl (C=O) groups is 2. The topological polar surface area (TPSA) is 115 Å². The number of carboxylic acids is 1. The number of carbonyl (C=O) groups excluding carboxylic acids is 1. The molecule has 0 radical (unpaired) electrons. The third kappa shape index (κ3) is 3.74. The summed E-state index contributed by atoms with van der Waals surface area (Å²) in [7, 11) is 0. The van der Waals surface area contributed by atoms with Crippen LogP contribution in [0, 0.1) is 0 Å². The van der Waals surface area contributed by atoms with Gasteiger partial charge in [-0.2, -0.15) is 0 Å². The summed E-state index contributed by atoms with van der Waals surface area (Å²) in [5.74, 6) is -1.71. The zero-order valence-corrected chi connectivity index (χ0v) is 10.2. The van der Waals surface area contributed by atoms with Crippen molar-refractivity contribution < 1.29 is 30.0 Å². The average molecular weight is 276 g/mol. The monoisotopic (exact) mass is 276 g/mol. The summed E-state index contributed by atoms with van der Waals surface area (Å²) in [5.41, 5.74) is -0.134. The van der Waals surface area contributed by atoms with Crippen molar-refractivity contribution in [1.29, 1.82) is 0 Å². The lowest BCUT2D eigenvalue weighted by molar-refractivity contribution is 0.0693. The van der Waals surface area contributed by atoms with Crippen LogP contribution in [0.2, 0.25) is 0 Å². The summed E-state index contributed by atoms with van der Waals surface area (Å²) in [6.45, 7) is 0. The number of aldehydes is 1. The van der Waals surface area contributed by atoms with E-state index in [1.54, 1.807) is 12.1 Å². The largest absolute Gasteiger partial charge is 0.507 e. The van der Waals surface area contributed by atoms with Crippen molar-refractivity contribution in [2.45, 2.75) is 0 Å². The first-order valence-electron chi connectivity index (χ1n) is 5.44. The van der Waals surface area contributed by atoms with E-state index in [0.717, 1.165) is 0 Å². The molecule has 4 N–H and O–H groups in total. The number of carboxylic acid groups (broad SMARTS) is 1. The van der Waals surface area contributed by atoms with Crippen LogP contribution in [0.4, 0.5) is 0 Å². The van der Waals surface area contributed by atoms with Gasteiger partial charge in [-0.3, -0.25) is 4.79 Å². The number of rotatable bonds is 2. The molecule has 2 aromatic rings. The number of hydrogen-bond acceptors (Lipinski definition) is 5. The first-order valence-corrected chi connectivity index (χ1v) is 5.44. The molecule has 2 rings (SSSR count). The molecular formula is C14H12O6. The van der Waals surface area contributed by atoms with Gasteiger partial charge in [-0.1, -0.05) is 18.2 Å². The highest BCUT2D eigenvalue weighted by atomic mass is 16.4. The molecule has 0 saturated heterocycles. The Hall–Kier alpha value is -3.02. The van der Waals surface area contributed by atoms with Crippen LogP contribution in [-0.4, -0.2) is 32.7 Å². The first kappa shape index (κ1) is 15.0. The summed E-state index contributed by atoms with van der Waals surface area (Å²) >= 11 is 0. The van der Waals surface area contributed by atoms with Crippen molar-refractivity contribution >= 4 is 12.3 Å². The van der Waals surface area contributed by atoms with Gasteiger partial charge in [0.05, 0.1) is 5.56 Å². The van der Waals surface area contributed by atoms with Crippen LogP contribution in [0.25, 0.3) is 0 Å². The maximum Gasteiger partial charge on any atom is 0.339 e. The van der Waals surface area contributed by atoms with Gasteiger partial charge in [0.25, 0.3) is 0 Å². The van der Waals surface area contributed by atoms with E-state index in [4.69, 9.17) is 20.4 Å². The van der Waals surface area contributed by atoms with Crippen LogP contribution in [0.15, 0.2) is 42.5 Å². The van der Waals surface area contributed by atoms with Gasteiger partial charge in [0, 0.05) is 0 Å². The summed E-state index contributed by atoms with van der Waals surface area (Å²) in [5, 5.41) is 35.1. The summed E-state index contributed by atoms with van der Waals surface area (Å²) in [4.78, 5) is 20.4. The summed E-state index contributed by atoms with van der Waals surface area (Å²) in [6, 6.07) is 9.94. The Balaban J connectivity index is 0.000000200. The number of hydrogen-bond donors (Lipinski definition) is 4. The van der Waals surface area contributed by atoms with E-state index in [1.807, 2.05) is 0 Å². The lowest BCUT2D eigenvalue weighted by atomic mass is 10.2. The molecule has 0 aliphatic carbocycles. The second kappa shape index (κ2) is 6.79. The van der Waals surface area contributed by atoms with Crippen molar-refractivity contribution in [2.75, 3.05) is 0 Å². The Morgan fingerprint density at radius 2 is 1.35 bits per heavy atom. The average Bonchev–Trinajstić information content (AvgIpc) is 2.40. The zero-order chi connectivity index (χ0) is 15.1. The Bertz CT molecular complexity index is 601. The van der Waals surface area contributed by atoms with Gasteiger partial charge in [-0.25, -0.2) is 4.79 Å². The molecule has 6 nitrogen and oxygen atoms in total. The van der Waals surface area contributed by atoms with Gasteiger partial charge in [0.2, 0.25) is 0 Å². The molecule has 0 bridgehead atoms. The standard InChI is InChI=1S/2C7H6O3/c8-4-5-6(9)2-1-3-7(5)10;8-6-4-2-1-3-5(6)7(9)10/h1-4,9-10H;1-4,8H,(H,9,10). The minimum Gasteiger partial charge on any atom is -0.507 e. The lowest BCUT2D eigenvalue weighted by Crippen LogP contribution is -1.95. The van der Waals surface area contributed by atoms with Crippen LogP contribution in [0.3, 0.4) is 0 Å². The second-order valence-corrected chi connectivity index (χ2v) is 3.65. The molecule has 0 aliphatic heterocycles. The van der Waals surface area contributed by atoms with Gasteiger partial charge >= 0.3 is 5.97 Å². The number of para-hydroxylation sites is 1. The van der Waals surface area contributed by atoms with E-state index in [1.165, 1.54) is 30.3 Å². The summed E-state index contributed by atoms with van der Waals surface area (Å²) in [6.07, 6.45) is 0.407. The second-order valence-electron chi connectivity index (χ2n) is 3.65. The zero-order valence-electron chi connectivity index (χ0n) is 10.2. The molecule has 0 spiro atoms. The fraction of sp³-hybridized carbons (Fsp3) is 0. The highest BCUT2D eigenvalue weighted by Crippen LogP contribution is 2.23. The Morgan fingerprint density at radius 3 is 1.70 bits per heavy atom. The van der Waals surface area contributed by atoms with E-state index >= 15 is 0 Å². The van der Waals surface area contributed by atoms with Gasteiger partial charge in [-0.05, 0) is 24.3 Å². The molecule has 104 valence electrons. The molecule has 0 heterocycles. The molecule has 6 heteroatoms. The summed E-state index contributed by atoms with van der Waals surface area (Å²) < 4.78 is 0. The molecule has 0 fully saturated rings. The highest BCUT2D eigenvalue weighted by molar-refractivity contribution is 5.90. The molecule has 0 aliphatic rings. The van der Waals surface area contributed by atoms with Gasteiger partial charge in [0.15, 0.2) is 6.29 Å². The third-order valence-electron chi connectivity index (χ3n) is 2.31. The maximum atomic E-state index is 10.3. The van der Waals surface area contributed by atoms with Crippen LogP contribution in [0.5, 0.6) is 17.2 Å². The molecular weight excluding hydrogens is 264 g/mol. The van der Waals surface area contributed by atoms with Crippen molar-refractivity contribution in [2.24, 2.45) is 0 Å². The van der Waals surface area contributed by atoms with Crippen molar-refractivity contribution in [1.82, 2.24) is 0 Å². The quantitative estimate of drug-likeness (QED) is 0.623. The molecule has 0 atom stereocenters. The van der Waals surface area contributed by atoms with Crippen LogP contribution < -0.4 is 0 Å². The maximum absolute atomic E-state index is 10.3. The van der Waals surface area contributed by atoms with E-state index in [-0.39, 0.29) is 28.4 Å². The highest BCUT2D eigenvalue weighted by Gasteiger charge is 2.05. The van der Waals surface area contributed by atoms with Crippen LogP contribution >= 0.6 is 0 Å². The molecule has 20 heavy (non-hydrogen) atoms. The first-order chi connectivity index (χ1) is 9.47. The van der Waals surface area contributed by atoms with E-state index in [9.17, 15) is 9.59 Å². The van der Waals surface area contributed by atoms with Crippen molar-refractivity contribution in [3.05, 3.63) is 53.6 Å². The third-order valence-corrected chi connectivity index (χ3v) is 2.31. The van der Waals surface area contributed by atoms with Gasteiger partial charge in [0.1, 0.15) is 22.8 Å². The van der Waals surface area contributed by atoms with Crippen LogP contribution in [-0.2, 0) is 0 Å². The van der Waals surface area contributed by atoms with Crippen molar-refractivity contribution in [3.8, 4) is 17.2 Å². The predicted octanol–water partition coefficient (Wildman–Crippen LogP) is 2.00. The molecule has 0 amide bonds. The number of aromatic hydroxyl groups is 3. The molecule has 0 unspecified atom stereocenters. The normalized spacial score (nSPS) is 9.20. The fourth-order valence-electron chi connectivity index (χ4n) is 1.32. The Kier molecular flexibility index (Phi) is 5.11. The van der Waals surface area contributed by atoms with E-state index in [2.05, 4.69) is 0 Å². The minimum atomic E-state index is -1.11. The predicted molar refractivity (Wildman–Crippen MR) is 70.2 cm³/mol. The number of aromatic carboxylic acids is 1. The Morgan fingerprint density at radius 1 is 0.850 bits per heavy atom. The van der Waals surface area contributed by atoms with E-state index < -0.39 is 5.97 Å². The van der Waals surface area contributed by atoms with Crippen LogP contribution in [0.1, 0.15) is 20.7 Å². The SMILES string of the molecule is O=C(O)c1ccccc1O.O=Cc1c(O)cccc1O. The van der Waals surface area contributed by atoms with Gasteiger partial charge in [-0.15, -0.1) is 0 Å². The number of phenols is 3. The minimum absolute atomic E-state index is 0.0671. The lowest BCUT2D eigenvalue weighted by Gasteiger charge is -1.97. The van der Waals surface area contributed by atoms with Gasteiger partial charge < -0.3 is 20.4 Å². The molecule has 0 aromatic heterocycles. The molecule has 2 aromatic carbocycles. The smallest absolute Gasteiger partial charge is 0.339 e. The number of benzene rings is 2.